The van der Waals surface area contributed by atoms with E-state index < -0.39 is 0 Å². The summed E-state index contributed by atoms with van der Waals surface area (Å²) in [7, 11) is 0. The molecular formula is C12H18ClNO. The molecule has 2 N–H and O–H groups in total. The zero-order valence-corrected chi connectivity index (χ0v) is 9.63. The summed E-state index contributed by atoms with van der Waals surface area (Å²) in [6.07, 6.45) is 3.10. The lowest BCUT2D eigenvalue weighted by Gasteiger charge is -2.04. The Morgan fingerprint density at radius 3 is 2.80 bits per heavy atom. The molecule has 1 aromatic rings. The van der Waals surface area contributed by atoms with E-state index in [1.807, 2.05) is 18.2 Å². The van der Waals surface area contributed by atoms with E-state index >= 15 is 0 Å². The second-order valence-electron chi connectivity index (χ2n) is 3.59. The van der Waals surface area contributed by atoms with Crippen LogP contribution in [0, 0.1) is 0 Å². The molecule has 0 amide bonds. The van der Waals surface area contributed by atoms with Gasteiger partial charge < -0.3 is 10.4 Å². The molecule has 0 heterocycles. The van der Waals surface area contributed by atoms with Crippen molar-refractivity contribution in [3.05, 3.63) is 34.9 Å². The Bertz CT molecular complexity index is 278. The molecule has 0 aliphatic heterocycles. The van der Waals surface area contributed by atoms with Crippen LogP contribution in [0.25, 0.3) is 0 Å². The van der Waals surface area contributed by atoms with E-state index in [2.05, 4.69) is 11.4 Å². The number of hydrogen-bond donors (Lipinski definition) is 2. The van der Waals surface area contributed by atoms with Crippen molar-refractivity contribution in [2.45, 2.75) is 25.8 Å². The largest absolute Gasteiger partial charge is 0.396 e. The Morgan fingerprint density at radius 2 is 2.07 bits per heavy atom. The molecule has 0 unspecified atom stereocenters. The number of aliphatic hydroxyl groups excluding tert-OH is 1. The zero-order valence-electron chi connectivity index (χ0n) is 8.88. The van der Waals surface area contributed by atoms with Crippen molar-refractivity contribution in [3.8, 4) is 0 Å². The third kappa shape index (κ3) is 5.78. The summed E-state index contributed by atoms with van der Waals surface area (Å²) in [4.78, 5) is 0. The van der Waals surface area contributed by atoms with Crippen LogP contribution in [0.2, 0.25) is 5.02 Å². The summed E-state index contributed by atoms with van der Waals surface area (Å²) >= 11 is 5.87. The lowest BCUT2D eigenvalue weighted by Crippen LogP contribution is -2.14. The van der Waals surface area contributed by atoms with Gasteiger partial charge in [-0.25, -0.2) is 0 Å². The molecule has 15 heavy (non-hydrogen) atoms. The molecule has 0 atom stereocenters. The molecule has 0 aliphatic rings. The van der Waals surface area contributed by atoms with E-state index in [9.17, 15) is 0 Å². The van der Waals surface area contributed by atoms with Gasteiger partial charge in [-0.05, 0) is 43.5 Å². The second kappa shape index (κ2) is 7.69. The molecular weight excluding hydrogens is 210 g/mol. The summed E-state index contributed by atoms with van der Waals surface area (Å²) in [6, 6.07) is 7.88. The monoisotopic (exact) mass is 227 g/mol. The van der Waals surface area contributed by atoms with Crippen LogP contribution in [0.4, 0.5) is 0 Å². The highest BCUT2D eigenvalue weighted by Crippen LogP contribution is 2.10. The second-order valence-corrected chi connectivity index (χ2v) is 4.03. The maximum absolute atomic E-state index is 8.60. The van der Waals surface area contributed by atoms with Gasteiger partial charge in [0.15, 0.2) is 0 Å². The first kappa shape index (κ1) is 12.5. The van der Waals surface area contributed by atoms with Crippen molar-refractivity contribution in [1.29, 1.82) is 0 Å². The van der Waals surface area contributed by atoms with Gasteiger partial charge in [0.05, 0.1) is 0 Å². The van der Waals surface area contributed by atoms with Crippen LogP contribution >= 0.6 is 11.6 Å². The fourth-order valence-electron chi connectivity index (χ4n) is 1.42. The van der Waals surface area contributed by atoms with Gasteiger partial charge >= 0.3 is 0 Å². The third-order valence-electron chi connectivity index (χ3n) is 2.23. The number of rotatable bonds is 7. The van der Waals surface area contributed by atoms with E-state index in [1.165, 1.54) is 5.56 Å². The summed E-state index contributed by atoms with van der Waals surface area (Å²) < 4.78 is 0. The minimum Gasteiger partial charge on any atom is -0.396 e. The SMILES string of the molecule is OCCCCCNCc1cccc(Cl)c1. The summed E-state index contributed by atoms with van der Waals surface area (Å²) in [6.45, 7) is 2.15. The first-order valence-corrected chi connectivity index (χ1v) is 5.77. The molecule has 0 saturated heterocycles. The lowest BCUT2D eigenvalue weighted by atomic mass is 10.2. The van der Waals surface area contributed by atoms with Crippen LogP contribution in [0.5, 0.6) is 0 Å². The molecule has 0 fully saturated rings. The predicted molar refractivity (Wildman–Crippen MR) is 64.1 cm³/mol. The van der Waals surface area contributed by atoms with Crippen molar-refractivity contribution >= 4 is 11.6 Å². The van der Waals surface area contributed by atoms with Crippen molar-refractivity contribution in [1.82, 2.24) is 5.32 Å². The van der Waals surface area contributed by atoms with Gasteiger partial charge in [0, 0.05) is 18.2 Å². The summed E-state index contributed by atoms with van der Waals surface area (Å²) in [5.74, 6) is 0. The summed E-state index contributed by atoms with van der Waals surface area (Å²) in [5.41, 5.74) is 1.21. The maximum atomic E-state index is 8.60. The molecule has 2 nitrogen and oxygen atoms in total. The normalized spacial score (nSPS) is 10.5. The molecule has 0 aliphatic carbocycles. The Balaban J connectivity index is 2.10. The summed E-state index contributed by atoms with van der Waals surface area (Å²) in [5, 5.41) is 12.7. The molecule has 1 rings (SSSR count). The molecule has 1 aromatic carbocycles. The standard InChI is InChI=1S/C12H18ClNO/c13-12-6-4-5-11(9-12)10-14-7-2-1-3-8-15/h4-6,9,14-15H,1-3,7-8,10H2. The van der Waals surface area contributed by atoms with Crippen molar-refractivity contribution in [2.75, 3.05) is 13.2 Å². The first-order chi connectivity index (χ1) is 7.33. The highest BCUT2D eigenvalue weighted by Gasteiger charge is 1.93. The molecule has 0 radical (unpaired) electrons. The van der Waals surface area contributed by atoms with Crippen molar-refractivity contribution in [3.63, 3.8) is 0 Å². The van der Waals surface area contributed by atoms with Gasteiger partial charge in [0.1, 0.15) is 0 Å². The molecule has 3 heteroatoms. The highest BCUT2D eigenvalue weighted by atomic mass is 35.5. The van der Waals surface area contributed by atoms with E-state index in [-0.39, 0.29) is 0 Å². The number of aliphatic hydroxyl groups is 1. The fourth-order valence-corrected chi connectivity index (χ4v) is 1.63. The van der Waals surface area contributed by atoms with Gasteiger partial charge in [-0.1, -0.05) is 23.7 Å². The van der Waals surface area contributed by atoms with E-state index in [0.29, 0.717) is 6.61 Å². The topological polar surface area (TPSA) is 32.3 Å². The number of benzene rings is 1. The van der Waals surface area contributed by atoms with Crippen LogP contribution in [0.3, 0.4) is 0 Å². The Morgan fingerprint density at radius 1 is 1.20 bits per heavy atom. The van der Waals surface area contributed by atoms with Gasteiger partial charge in [0.25, 0.3) is 0 Å². The number of hydrogen-bond acceptors (Lipinski definition) is 2. The van der Waals surface area contributed by atoms with Crippen molar-refractivity contribution < 1.29 is 5.11 Å². The third-order valence-corrected chi connectivity index (χ3v) is 2.46. The van der Waals surface area contributed by atoms with Gasteiger partial charge in [-0.15, -0.1) is 0 Å². The lowest BCUT2D eigenvalue weighted by molar-refractivity contribution is 0.283. The molecule has 0 aromatic heterocycles. The van der Waals surface area contributed by atoms with Gasteiger partial charge in [-0.3, -0.25) is 0 Å². The minimum absolute atomic E-state index is 0.300. The van der Waals surface area contributed by atoms with Crippen LogP contribution in [-0.4, -0.2) is 18.3 Å². The van der Waals surface area contributed by atoms with E-state index in [1.54, 1.807) is 0 Å². The molecule has 0 spiro atoms. The van der Waals surface area contributed by atoms with E-state index in [0.717, 1.165) is 37.4 Å². The Labute approximate surface area is 96.3 Å². The van der Waals surface area contributed by atoms with Gasteiger partial charge in [0.2, 0.25) is 0 Å². The molecule has 84 valence electrons. The van der Waals surface area contributed by atoms with Crippen LogP contribution < -0.4 is 5.32 Å². The Hall–Kier alpha value is -0.570. The maximum Gasteiger partial charge on any atom is 0.0431 e. The van der Waals surface area contributed by atoms with Crippen LogP contribution in [0.15, 0.2) is 24.3 Å². The molecule has 0 bridgehead atoms. The average molecular weight is 228 g/mol. The molecule has 0 saturated carbocycles. The first-order valence-electron chi connectivity index (χ1n) is 5.39. The van der Waals surface area contributed by atoms with Gasteiger partial charge in [-0.2, -0.15) is 0 Å². The quantitative estimate of drug-likeness (QED) is 0.702. The van der Waals surface area contributed by atoms with Crippen LogP contribution in [-0.2, 0) is 6.54 Å². The number of halogens is 1. The van der Waals surface area contributed by atoms with E-state index in [4.69, 9.17) is 16.7 Å². The fraction of sp³-hybridized carbons (Fsp3) is 0.500. The average Bonchev–Trinajstić information content (AvgIpc) is 2.23. The van der Waals surface area contributed by atoms with Crippen LogP contribution in [0.1, 0.15) is 24.8 Å². The zero-order chi connectivity index (χ0) is 10.9. The van der Waals surface area contributed by atoms with Crippen molar-refractivity contribution in [2.24, 2.45) is 0 Å². The number of nitrogens with one attached hydrogen (secondary N) is 1. The smallest absolute Gasteiger partial charge is 0.0431 e. The number of unbranched alkanes of at least 4 members (excludes halogenated alkanes) is 2. The highest BCUT2D eigenvalue weighted by molar-refractivity contribution is 6.30. The predicted octanol–water partition coefficient (Wildman–Crippen LogP) is 2.59. The minimum atomic E-state index is 0.300. The Kier molecular flexibility index (Phi) is 6.41.